The number of hydrogen-bond acceptors (Lipinski definition) is 4. The van der Waals surface area contributed by atoms with Gasteiger partial charge in [0.1, 0.15) is 0 Å². The highest BCUT2D eigenvalue weighted by molar-refractivity contribution is 5.79. The molecule has 0 radical (unpaired) electrons. The molecule has 0 aliphatic carbocycles. The Bertz CT molecular complexity index is 429. The molecule has 1 aromatic carbocycles. The lowest BCUT2D eigenvalue weighted by Gasteiger charge is -2.26. The van der Waals surface area contributed by atoms with E-state index >= 15 is 0 Å². The zero-order valence-corrected chi connectivity index (χ0v) is 10.6. The SMILES string of the molecule is COc1ccc(CC(=O)NC2COC2)cc1OC. The average molecular weight is 251 g/mol. The Balaban J connectivity index is 1.97. The second kappa shape index (κ2) is 5.73. The maximum Gasteiger partial charge on any atom is 0.224 e. The van der Waals surface area contributed by atoms with Gasteiger partial charge in [0.15, 0.2) is 11.5 Å². The molecule has 1 aromatic rings. The van der Waals surface area contributed by atoms with Gasteiger partial charge in [-0.05, 0) is 17.7 Å². The number of nitrogens with one attached hydrogen (secondary N) is 1. The highest BCUT2D eigenvalue weighted by Gasteiger charge is 2.20. The highest BCUT2D eigenvalue weighted by atomic mass is 16.5. The average Bonchev–Trinajstić information content (AvgIpc) is 2.33. The van der Waals surface area contributed by atoms with Gasteiger partial charge in [-0.15, -0.1) is 0 Å². The monoisotopic (exact) mass is 251 g/mol. The number of hydrogen-bond donors (Lipinski definition) is 1. The minimum Gasteiger partial charge on any atom is -0.493 e. The summed E-state index contributed by atoms with van der Waals surface area (Å²) in [5.41, 5.74) is 0.894. The fourth-order valence-electron chi connectivity index (χ4n) is 1.77. The zero-order valence-electron chi connectivity index (χ0n) is 10.6. The largest absolute Gasteiger partial charge is 0.493 e. The molecule has 1 aliphatic rings. The molecule has 1 amide bonds. The normalized spacial score (nSPS) is 14.8. The molecule has 1 N–H and O–H groups in total. The molecular weight excluding hydrogens is 234 g/mol. The van der Waals surface area contributed by atoms with E-state index in [1.807, 2.05) is 12.1 Å². The molecule has 1 heterocycles. The van der Waals surface area contributed by atoms with Gasteiger partial charge in [-0.25, -0.2) is 0 Å². The van der Waals surface area contributed by atoms with Crippen LogP contribution in [-0.2, 0) is 16.0 Å². The minimum absolute atomic E-state index is 0.00415. The summed E-state index contributed by atoms with van der Waals surface area (Å²) in [6, 6.07) is 5.64. The van der Waals surface area contributed by atoms with Crippen molar-refractivity contribution < 1.29 is 19.0 Å². The Labute approximate surface area is 106 Å². The molecule has 0 atom stereocenters. The summed E-state index contributed by atoms with van der Waals surface area (Å²) in [6.07, 6.45) is 0.330. The zero-order chi connectivity index (χ0) is 13.0. The van der Waals surface area contributed by atoms with Gasteiger partial charge in [0.2, 0.25) is 5.91 Å². The second-order valence-electron chi connectivity index (χ2n) is 4.17. The molecule has 1 fully saturated rings. The second-order valence-corrected chi connectivity index (χ2v) is 4.17. The fourth-order valence-corrected chi connectivity index (χ4v) is 1.77. The molecule has 0 aromatic heterocycles. The molecule has 0 unspecified atom stereocenters. The first-order valence-corrected chi connectivity index (χ1v) is 5.81. The van der Waals surface area contributed by atoms with Gasteiger partial charge in [-0.2, -0.15) is 0 Å². The third-order valence-corrected chi connectivity index (χ3v) is 2.82. The minimum atomic E-state index is -0.00415. The third-order valence-electron chi connectivity index (χ3n) is 2.82. The number of carbonyl (C=O) groups is 1. The number of methoxy groups -OCH3 is 2. The van der Waals surface area contributed by atoms with E-state index in [1.54, 1.807) is 20.3 Å². The van der Waals surface area contributed by atoms with Crippen molar-refractivity contribution >= 4 is 5.91 Å². The van der Waals surface area contributed by atoms with Crippen LogP contribution in [-0.4, -0.2) is 39.4 Å². The van der Waals surface area contributed by atoms with Gasteiger partial charge in [0.25, 0.3) is 0 Å². The van der Waals surface area contributed by atoms with Crippen LogP contribution in [0.1, 0.15) is 5.56 Å². The number of amides is 1. The van der Waals surface area contributed by atoms with Gasteiger partial charge in [0.05, 0.1) is 39.9 Å². The first-order valence-electron chi connectivity index (χ1n) is 5.81. The summed E-state index contributed by atoms with van der Waals surface area (Å²) in [5, 5.41) is 2.89. The van der Waals surface area contributed by atoms with Gasteiger partial charge in [-0.1, -0.05) is 6.07 Å². The van der Waals surface area contributed by atoms with Crippen LogP contribution in [0.4, 0.5) is 0 Å². The maximum absolute atomic E-state index is 11.7. The molecule has 0 bridgehead atoms. The summed E-state index contributed by atoms with van der Waals surface area (Å²) >= 11 is 0. The van der Waals surface area contributed by atoms with Crippen molar-refractivity contribution in [2.45, 2.75) is 12.5 Å². The van der Waals surface area contributed by atoms with E-state index in [1.165, 1.54) is 0 Å². The lowest BCUT2D eigenvalue weighted by Crippen LogP contribution is -2.49. The standard InChI is InChI=1S/C13H17NO4/c1-16-11-4-3-9(5-12(11)17-2)6-13(15)14-10-7-18-8-10/h3-5,10H,6-8H2,1-2H3,(H,14,15). The van der Waals surface area contributed by atoms with Crippen molar-refractivity contribution in [2.24, 2.45) is 0 Å². The molecule has 5 nitrogen and oxygen atoms in total. The number of rotatable bonds is 5. The first-order chi connectivity index (χ1) is 8.72. The summed E-state index contributed by atoms with van der Waals surface area (Å²) < 4.78 is 15.3. The summed E-state index contributed by atoms with van der Waals surface area (Å²) in [4.78, 5) is 11.7. The van der Waals surface area contributed by atoms with E-state index in [2.05, 4.69) is 5.32 Å². The van der Waals surface area contributed by atoms with E-state index < -0.39 is 0 Å². The molecule has 0 spiro atoms. The van der Waals surface area contributed by atoms with Crippen LogP contribution in [0.5, 0.6) is 11.5 Å². The van der Waals surface area contributed by atoms with Crippen LogP contribution < -0.4 is 14.8 Å². The Kier molecular flexibility index (Phi) is 4.04. The quantitative estimate of drug-likeness (QED) is 0.839. The van der Waals surface area contributed by atoms with Crippen LogP contribution in [0, 0.1) is 0 Å². The van der Waals surface area contributed by atoms with Crippen LogP contribution in [0.2, 0.25) is 0 Å². The van der Waals surface area contributed by atoms with Crippen molar-refractivity contribution in [1.29, 1.82) is 0 Å². The summed E-state index contributed by atoms with van der Waals surface area (Å²) in [7, 11) is 3.16. The Morgan fingerprint density at radius 1 is 1.33 bits per heavy atom. The van der Waals surface area contributed by atoms with E-state index in [4.69, 9.17) is 14.2 Å². The first kappa shape index (κ1) is 12.7. The Hall–Kier alpha value is -1.75. The Morgan fingerprint density at radius 3 is 2.61 bits per heavy atom. The summed E-state index contributed by atoms with van der Waals surface area (Å²) in [6.45, 7) is 1.22. The predicted octanol–water partition coefficient (Wildman–Crippen LogP) is 0.761. The number of benzene rings is 1. The van der Waals surface area contributed by atoms with Crippen LogP contribution in [0.25, 0.3) is 0 Å². The van der Waals surface area contributed by atoms with Gasteiger partial charge >= 0.3 is 0 Å². The molecule has 98 valence electrons. The van der Waals surface area contributed by atoms with E-state index in [0.717, 1.165) is 5.56 Å². The predicted molar refractivity (Wildman–Crippen MR) is 66.0 cm³/mol. The molecule has 1 saturated heterocycles. The van der Waals surface area contributed by atoms with E-state index in [-0.39, 0.29) is 11.9 Å². The molecule has 18 heavy (non-hydrogen) atoms. The van der Waals surface area contributed by atoms with Gasteiger partial charge < -0.3 is 19.5 Å². The molecule has 5 heteroatoms. The number of carbonyl (C=O) groups excluding carboxylic acids is 1. The lowest BCUT2D eigenvalue weighted by atomic mass is 10.1. The topological polar surface area (TPSA) is 56.8 Å². The van der Waals surface area contributed by atoms with Crippen molar-refractivity contribution in [3.63, 3.8) is 0 Å². The molecular formula is C13H17NO4. The molecule has 1 aliphatic heterocycles. The lowest BCUT2D eigenvalue weighted by molar-refractivity contribution is -0.124. The van der Waals surface area contributed by atoms with Crippen LogP contribution >= 0.6 is 0 Å². The smallest absolute Gasteiger partial charge is 0.224 e. The summed E-state index contributed by atoms with van der Waals surface area (Å²) in [5.74, 6) is 1.29. The maximum atomic E-state index is 11.7. The molecule has 2 rings (SSSR count). The van der Waals surface area contributed by atoms with Crippen molar-refractivity contribution in [3.05, 3.63) is 23.8 Å². The fraction of sp³-hybridized carbons (Fsp3) is 0.462. The van der Waals surface area contributed by atoms with Crippen molar-refractivity contribution in [2.75, 3.05) is 27.4 Å². The van der Waals surface area contributed by atoms with Crippen molar-refractivity contribution in [1.82, 2.24) is 5.32 Å². The van der Waals surface area contributed by atoms with Crippen molar-refractivity contribution in [3.8, 4) is 11.5 Å². The van der Waals surface area contributed by atoms with Gasteiger partial charge in [-0.3, -0.25) is 4.79 Å². The van der Waals surface area contributed by atoms with Crippen LogP contribution in [0.3, 0.4) is 0 Å². The van der Waals surface area contributed by atoms with E-state index in [0.29, 0.717) is 31.1 Å². The number of ether oxygens (including phenoxy) is 3. The Morgan fingerprint density at radius 2 is 2.06 bits per heavy atom. The van der Waals surface area contributed by atoms with E-state index in [9.17, 15) is 4.79 Å². The highest BCUT2D eigenvalue weighted by Crippen LogP contribution is 2.27. The molecule has 0 saturated carbocycles. The van der Waals surface area contributed by atoms with Gasteiger partial charge in [0, 0.05) is 0 Å². The third kappa shape index (κ3) is 2.92. The van der Waals surface area contributed by atoms with Crippen LogP contribution in [0.15, 0.2) is 18.2 Å².